The van der Waals surface area contributed by atoms with E-state index in [1.807, 2.05) is 61.5 Å². The van der Waals surface area contributed by atoms with Crippen molar-refractivity contribution >= 4 is 5.71 Å². The highest BCUT2D eigenvalue weighted by Crippen LogP contribution is 2.22. The molecule has 2 rings (SSSR count). The summed E-state index contributed by atoms with van der Waals surface area (Å²) < 4.78 is 0. The van der Waals surface area contributed by atoms with Crippen LogP contribution in [0.4, 0.5) is 0 Å². The maximum Gasteiger partial charge on any atom is 0.0897 e. The standard InChI is InChI=1S/C16H17NO2/c1-12-7-5-6-10-14(12)16(18)11-15(17-19)13-8-3-2-4-9-13/h2-10,16,18-19H,11H2,1H3/b17-15-. The summed E-state index contributed by atoms with van der Waals surface area (Å²) in [6, 6.07) is 17.0. The molecule has 0 heterocycles. The summed E-state index contributed by atoms with van der Waals surface area (Å²) in [4.78, 5) is 0. The van der Waals surface area contributed by atoms with Gasteiger partial charge in [-0.25, -0.2) is 0 Å². The van der Waals surface area contributed by atoms with E-state index in [9.17, 15) is 5.11 Å². The van der Waals surface area contributed by atoms with E-state index in [-0.39, 0.29) is 6.42 Å². The Balaban J connectivity index is 2.19. The molecule has 1 atom stereocenters. The molecule has 0 spiro atoms. The van der Waals surface area contributed by atoms with Crippen LogP contribution in [0.2, 0.25) is 0 Å². The minimum Gasteiger partial charge on any atom is -0.411 e. The Bertz CT molecular complexity index is 564. The van der Waals surface area contributed by atoms with E-state index in [1.54, 1.807) is 0 Å². The van der Waals surface area contributed by atoms with Crippen molar-refractivity contribution < 1.29 is 10.3 Å². The lowest BCUT2D eigenvalue weighted by Gasteiger charge is -2.14. The number of oxime groups is 1. The zero-order valence-corrected chi connectivity index (χ0v) is 10.8. The largest absolute Gasteiger partial charge is 0.411 e. The highest BCUT2D eigenvalue weighted by Gasteiger charge is 2.14. The molecule has 2 aromatic rings. The fraction of sp³-hybridized carbons (Fsp3) is 0.188. The molecule has 3 nitrogen and oxygen atoms in total. The Hall–Kier alpha value is -2.13. The molecule has 1 unspecified atom stereocenters. The third kappa shape index (κ3) is 3.20. The number of aryl methyl sites for hydroxylation is 1. The summed E-state index contributed by atoms with van der Waals surface area (Å²) in [5, 5.41) is 22.7. The van der Waals surface area contributed by atoms with Gasteiger partial charge in [0.25, 0.3) is 0 Å². The lowest BCUT2D eigenvalue weighted by molar-refractivity contribution is 0.184. The third-order valence-corrected chi connectivity index (χ3v) is 3.16. The molecule has 3 heteroatoms. The van der Waals surface area contributed by atoms with E-state index in [1.165, 1.54) is 0 Å². The molecule has 19 heavy (non-hydrogen) atoms. The molecule has 2 aromatic carbocycles. The van der Waals surface area contributed by atoms with Crippen LogP contribution >= 0.6 is 0 Å². The van der Waals surface area contributed by atoms with E-state index >= 15 is 0 Å². The average Bonchev–Trinajstić information content (AvgIpc) is 2.46. The Kier molecular flexibility index (Phi) is 4.31. The quantitative estimate of drug-likeness (QED) is 0.500. The van der Waals surface area contributed by atoms with Crippen LogP contribution in [0.15, 0.2) is 59.8 Å². The second kappa shape index (κ2) is 6.16. The zero-order chi connectivity index (χ0) is 13.7. The van der Waals surface area contributed by atoms with E-state index < -0.39 is 6.10 Å². The molecular weight excluding hydrogens is 238 g/mol. The highest BCUT2D eigenvalue weighted by molar-refractivity contribution is 6.00. The molecule has 0 fully saturated rings. The van der Waals surface area contributed by atoms with Gasteiger partial charge in [-0.1, -0.05) is 59.8 Å². The summed E-state index contributed by atoms with van der Waals surface area (Å²) in [6.45, 7) is 1.96. The molecule has 98 valence electrons. The van der Waals surface area contributed by atoms with Crippen molar-refractivity contribution in [3.63, 3.8) is 0 Å². The minimum atomic E-state index is -0.674. The van der Waals surface area contributed by atoms with Crippen LogP contribution in [0.5, 0.6) is 0 Å². The van der Waals surface area contributed by atoms with Gasteiger partial charge in [0, 0.05) is 6.42 Å². The van der Waals surface area contributed by atoms with E-state index in [2.05, 4.69) is 5.16 Å². The van der Waals surface area contributed by atoms with Crippen molar-refractivity contribution in [2.24, 2.45) is 5.16 Å². The first kappa shape index (κ1) is 13.3. The van der Waals surface area contributed by atoms with Gasteiger partial charge < -0.3 is 10.3 Å². The Labute approximate surface area is 112 Å². The van der Waals surface area contributed by atoms with Crippen molar-refractivity contribution in [3.05, 3.63) is 71.3 Å². The summed E-state index contributed by atoms with van der Waals surface area (Å²) >= 11 is 0. The first-order valence-electron chi connectivity index (χ1n) is 6.22. The molecule has 0 amide bonds. The maximum atomic E-state index is 10.3. The van der Waals surface area contributed by atoms with Crippen LogP contribution in [0.3, 0.4) is 0 Å². The van der Waals surface area contributed by atoms with Gasteiger partial charge in [-0.05, 0) is 23.6 Å². The molecule has 0 aliphatic carbocycles. The SMILES string of the molecule is Cc1ccccc1C(O)C/C(=N/O)c1ccccc1. The molecule has 0 aliphatic heterocycles. The van der Waals surface area contributed by atoms with Crippen molar-refractivity contribution in [2.45, 2.75) is 19.4 Å². The predicted molar refractivity (Wildman–Crippen MR) is 75.5 cm³/mol. The Morgan fingerprint density at radius 2 is 1.68 bits per heavy atom. The van der Waals surface area contributed by atoms with Crippen molar-refractivity contribution in [3.8, 4) is 0 Å². The normalized spacial score (nSPS) is 13.3. The van der Waals surface area contributed by atoms with Crippen LogP contribution in [-0.2, 0) is 0 Å². The number of aliphatic hydroxyl groups excluding tert-OH is 1. The summed E-state index contributed by atoms with van der Waals surface area (Å²) in [5.41, 5.74) is 3.19. The van der Waals surface area contributed by atoms with Gasteiger partial charge in [0.1, 0.15) is 0 Å². The molecule has 0 aliphatic rings. The van der Waals surface area contributed by atoms with Gasteiger partial charge in [-0.15, -0.1) is 0 Å². The van der Waals surface area contributed by atoms with Crippen molar-refractivity contribution in [2.75, 3.05) is 0 Å². The number of rotatable bonds is 4. The smallest absolute Gasteiger partial charge is 0.0897 e. The van der Waals surface area contributed by atoms with Crippen LogP contribution in [-0.4, -0.2) is 16.0 Å². The highest BCUT2D eigenvalue weighted by atomic mass is 16.4. The number of hydrogen-bond acceptors (Lipinski definition) is 3. The summed E-state index contributed by atoms with van der Waals surface area (Å²) in [7, 11) is 0. The van der Waals surface area contributed by atoms with Crippen molar-refractivity contribution in [1.82, 2.24) is 0 Å². The summed E-state index contributed by atoms with van der Waals surface area (Å²) in [6.07, 6.45) is -0.391. The molecular formula is C16H17NO2. The fourth-order valence-corrected chi connectivity index (χ4v) is 2.10. The molecule has 0 saturated carbocycles. The molecule has 0 bridgehead atoms. The lowest BCUT2D eigenvalue weighted by Crippen LogP contribution is -2.09. The predicted octanol–water partition coefficient (Wildman–Crippen LogP) is 3.30. The topological polar surface area (TPSA) is 52.8 Å². The van der Waals surface area contributed by atoms with Gasteiger partial charge in [0.2, 0.25) is 0 Å². The maximum absolute atomic E-state index is 10.3. The van der Waals surface area contributed by atoms with Crippen LogP contribution in [0.25, 0.3) is 0 Å². The van der Waals surface area contributed by atoms with Crippen LogP contribution in [0, 0.1) is 6.92 Å². The summed E-state index contributed by atoms with van der Waals surface area (Å²) in [5.74, 6) is 0. The van der Waals surface area contributed by atoms with Crippen LogP contribution < -0.4 is 0 Å². The number of nitrogens with zero attached hydrogens (tertiary/aromatic N) is 1. The molecule has 0 radical (unpaired) electrons. The number of hydrogen-bond donors (Lipinski definition) is 2. The van der Waals surface area contributed by atoms with E-state index in [0.717, 1.165) is 16.7 Å². The second-order valence-corrected chi connectivity index (χ2v) is 4.49. The Morgan fingerprint density at radius 3 is 2.32 bits per heavy atom. The van der Waals surface area contributed by atoms with Crippen molar-refractivity contribution in [1.29, 1.82) is 0 Å². The molecule has 0 saturated heterocycles. The van der Waals surface area contributed by atoms with E-state index in [0.29, 0.717) is 5.71 Å². The first-order chi connectivity index (χ1) is 9.22. The Morgan fingerprint density at radius 1 is 1.05 bits per heavy atom. The average molecular weight is 255 g/mol. The minimum absolute atomic E-state index is 0.283. The van der Waals surface area contributed by atoms with Gasteiger partial charge in [0.15, 0.2) is 0 Å². The molecule has 0 aromatic heterocycles. The van der Waals surface area contributed by atoms with Gasteiger partial charge in [0.05, 0.1) is 11.8 Å². The van der Waals surface area contributed by atoms with Crippen LogP contribution in [0.1, 0.15) is 29.2 Å². The number of benzene rings is 2. The monoisotopic (exact) mass is 255 g/mol. The van der Waals surface area contributed by atoms with Gasteiger partial charge in [-0.2, -0.15) is 0 Å². The third-order valence-electron chi connectivity index (χ3n) is 3.16. The van der Waals surface area contributed by atoms with Gasteiger partial charge >= 0.3 is 0 Å². The first-order valence-corrected chi connectivity index (χ1v) is 6.22. The lowest BCUT2D eigenvalue weighted by atomic mass is 9.97. The van der Waals surface area contributed by atoms with E-state index in [4.69, 9.17) is 5.21 Å². The van der Waals surface area contributed by atoms with Gasteiger partial charge in [-0.3, -0.25) is 0 Å². The number of aliphatic hydroxyl groups is 1. The zero-order valence-electron chi connectivity index (χ0n) is 10.8. The fourth-order valence-electron chi connectivity index (χ4n) is 2.10. The molecule has 2 N–H and O–H groups in total. The second-order valence-electron chi connectivity index (χ2n) is 4.49.